The third-order valence-electron chi connectivity index (χ3n) is 5.21. The van der Waals surface area contributed by atoms with E-state index in [1.165, 1.54) is 11.1 Å². The van der Waals surface area contributed by atoms with Crippen LogP contribution in [0.25, 0.3) is 0 Å². The van der Waals surface area contributed by atoms with E-state index in [0.717, 1.165) is 6.42 Å². The molecule has 1 aliphatic heterocycles. The van der Waals surface area contributed by atoms with Gasteiger partial charge in [-0.25, -0.2) is 0 Å². The maximum Gasteiger partial charge on any atom is 0.243 e. The molecule has 6 heteroatoms. The van der Waals surface area contributed by atoms with Crippen LogP contribution in [0.2, 0.25) is 0 Å². The minimum atomic E-state index is -0.573. The molecule has 3 N–H and O–H groups in total. The number of benzene rings is 1. The maximum absolute atomic E-state index is 12.8. The van der Waals surface area contributed by atoms with Crippen LogP contribution in [-0.2, 0) is 29.1 Å². The predicted octanol–water partition coefficient (Wildman–Crippen LogP) is 2.14. The zero-order valence-electron chi connectivity index (χ0n) is 15.8. The van der Waals surface area contributed by atoms with Gasteiger partial charge in [0.05, 0.1) is 18.8 Å². The first-order valence-electron chi connectivity index (χ1n) is 9.49. The molecule has 6 nitrogen and oxygen atoms in total. The average Bonchev–Trinajstić information content (AvgIpc) is 3.22. The molecule has 0 unspecified atom stereocenters. The molecule has 27 heavy (non-hydrogen) atoms. The molecule has 0 saturated carbocycles. The zero-order valence-corrected chi connectivity index (χ0v) is 15.8. The number of hydrogen-bond donors (Lipinski definition) is 3. The lowest BCUT2D eigenvalue weighted by Crippen LogP contribution is -2.56. The van der Waals surface area contributed by atoms with Crippen LogP contribution in [0.1, 0.15) is 37.2 Å². The van der Waals surface area contributed by atoms with Crippen molar-refractivity contribution in [2.45, 2.75) is 51.9 Å². The number of rotatable bonds is 7. The van der Waals surface area contributed by atoms with E-state index in [4.69, 9.17) is 4.42 Å². The summed E-state index contributed by atoms with van der Waals surface area (Å²) in [7, 11) is 0. The molecule has 1 aromatic heterocycles. The molecule has 0 radical (unpaired) electrons. The molecule has 0 aliphatic carbocycles. The summed E-state index contributed by atoms with van der Waals surface area (Å²) in [5.41, 5.74) is 2.40. The Morgan fingerprint density at radius 3 is 2.70 bits per heavy atom. The quantitative estimate of drug-likeness (QED) is 0.698. The Hall–Kier alpha value is -2.60. The number of amides is 2. The molecule has 2 aromatic rings. The summed E-state index contributed by atoms with van der Waals surface area (Å²) in [5, 5.41) is 9.08. The number of carbonyl (C=O) groups excluding carboxylic acids is 2. The molecule has 1 aromatic carbocycles. The van der Waals surface area contributed by atoms with Crippen LogP contribution in [0.3, 0.4) is 0 Å². The molecule has 0 bridgehead atoms. The third-order valence-corrected chi connectivity index (χ3v) is 5.21. The number of fused-ring (bicyclic) bond motifs is 1. The molecule has 2 heterocycles. The fourth-order valence-electron chi connectivity index (χ4n) is 3.29. The second kappa shape index (κ2) is 8.86. The maximum atomic E-state index is 12.8. The fraction of sp³-hybridized carbons (Fsp3) is 0.429. The SMILES string of the molecule is CC[C@@H](C)[C@@H](NC(=O)[C@@H]1Cc2ccccc2CN1)C(=O)NCc1ccco1. The number of nitrogens with one attached hydrogen (secondary N) is 3. The van der Waals surface area contributed by atoms with Crippen molar-refractivity contribution < 1.29 is 14.0 Å². The largest absolute Gasteiger partial charge is 0.467 e. The van der Waals surface area contributed by atoms with Crippen molar-refractivity contribution >= 4 is 11.8 Å². The highest BCUT2D eigenvalue weighted by molar-refractivity contribution is 5.90. The molecule has 0 fully saturated rings. The van der Waals surface area contributed by atoms with Crippen molar-refractivity contribution in [1.29, 1.82) is 0 Å². The van der Waals surface area contributed by atoms with Gasteiger partial charge in [-0.2, -0.15) is 0 Å². The van der Waals surface area contributed by atoms with Gasteiger partial charge in [0.15, 0.2) is 0 Å². The molecular weight excluding hydrogens is 342 g/mol. The molecule has 3 atom stereocenters. The van der Waals surface area contributed by atoms with Gasteiger partial charge in [0.1, 0.15) is 11.8 Å². The molecule has 2 amide bonds. The zero-order chi connectivity index (χ0) is 19.2. The van der Waals surface area contributed by atoms with Gasteiger partial charge in [-0.05, 0) is 35.6 Å². The van der Waals surface area contributed by atoms with Gasteiger partial charge < -0.3 is 20.4 Å². The third kappa shape index (κ3) is 4.77. The summed E-state index contributed by atoms with van der Waals surface area (Å²) in [6.45, 7) is 4.95. The minimum absolute atomic E-state index is 0.0291. The van der Waals surface area contributed by atoms with Gasteiger partial charge in [-0.15, -0.1) is 0 Å². The van der Waals surface area contributed by atoms with E-state index in [1.807, 2.05) is 26.0 Å². The number of hydrogen-bond acceptors (Lipinski definition) is 4. The van der Waals surface area contributed by atoms with E-state index in [2.05, 4.69) is 28.1 Å². The van der Waals surface area contributed by atoms with Crippen molar-refractivity contribution in [1.82, 2.24) is 16.0 Å². The normalized spacial score (nSPS) is 18.2. The van der Waals surface area contributed by atoms with Gasteiger partial charge in [0.25, 0.3) is 0 Å². The van der Waals surface area contributed by atoms with Crippen molar-refractivity contribution in [2.24, 2.45) is 5.92 Å². The Balaban J connectivity index is 1.62. The molecule has 1 aliphatic rings. The average molecular weight is 369 g/mol. The summed E-state index contributed by atoms with van der Waals surface area (Å²) in [6, 6.07) is 10.8. The highest BCUT2D eigenvalue weighted by atomic mass is 16.3. The lowest BCUT2D eigenvalue weighted by molar-refractivity contribution is -0.131. The lowest BCUT2D eigenvalue weighted by atomic mass is 9.94. The van der Waals surface area contributed by atoms with E-state index in [1.54, 1.807) is 18.4 Å². The first kappa shape index (κ1) is 19.2. The smallest absolute Gasteiger partial charge is 0.243 e. The second-order valence-electron chi connectivity index (χ2n) is 7.08. The molecule has 0 saturated heterocycles. The Morgan fingerprint density at radius 1 is 1.22 bits per heavy atom. The second-order valence-corrected chi connectivity index (χ2v) is 7.08. The first-order valence-corrected chi connectivity index (χ1v) is 9.49. The van der Waals surface area contributed by atoms with E-state index >= 15 is 0 Å². The Morgan fingerprint density at radius 2 is 2.00 bits per heavy atom. The molecule has 0 spiro atoms. The van der Waals surface area contributed by atoms with Crippen LogP contribution in [0.15, 0.2) is 47.1 Å². The topological polar surface area (TPSA) is 83.4 Å². The monoisotopic (exact) mass is 369 g/mol. The van der Waals surface area contributed by atoms with Crippen molar-refractivity contribution in [3.63, 3.8) is 0 Å². The Kier molecular flexibility index (Phi) is 6.29. The fourth-order valence-corrected chi connectivity index (χ4v) is 3.29. The number of furan rings is 1. The number of carbonyl (C=O) groups is 2. The highest BCUT2D eigenvalue weighted by Gasteiger charge is 2.30. The van der Waals surface area contributed by atoms with Crippen LogP contribution in [0, 0.1) is 5.92 Å². The minimum Gasteiger partial charge on any atom is -0.467 e. The van der Waals surface area contributed by atoms with Crippen LogP contribution >= 0.6 is 0 Å². The predicted molar refractivity (Wildman–Crippen MR) is 103 cm³/mol. The molecule has 144 valence electrons. The van der Waals surface area contributed by atoms with E-state index in [-0.39, 0.29) is 23.8 Å². The van der Waals surface area contributed by atoms with E-state index in [0.29, 0.717) is 25.3 Å². The Bertz CT molecular complexity index is 773. The van der Waals surface area contributed by atoms with Gasteiger partial charge >= 0.3 is 0 Å². The van der Waals surface area contributed by atoms with Crippen molar-refractivity contribution in [3.8, 4) is 0 Å². The van der Waals surface area contributed by atoms with Crippen LogP contribution < -0.4 is 16.0 Å². The van der Waals surface area contributed by atoms with Gasteiger partial charge in [0.2, 0.25) is 11.8 Å². The standard InChI is InChI=1S/C21H27N3O3/c1-3-14(2)19(21(26)23-13-17-9-6-10-27-17)24-20(25)18-11-15-7-4-5-8-16(15)12-22-18/h4-10,14,18-19,22H,3,11-13H2,1-2H3,(H,23,26)(H,24,25)/t14-,18+,19-/m1/s1. The first-order chi connectivity index (χ1) is 13.1. The van der Waals surface area contributed by atoms with Crippen molar-refractivity contribution in [2.75, 3.05) is 0 Å². The van der Waals surface area contributed by atoms with Gasteiger partial charge in [0, 0.05) is 6.54 Å². The molecule has 3 rings (SSSR count). The van der Waals surface area contributed by atoms with Crippen molar-refractivity contribution in [3.05, 3.63) is 59.5 Å². The van der Waals surface area contributed by atoms with E-state index in [9.17, 15) is 9.59 Å². The molecular formula is C21H27N3O3. The van der Waals surface area contributed by atoms with Gasteiger partial charge in [-0.3, -0.25) is 9.59 Å². The lowest BCUT2D eigenvalue weighted by Gasteiger charge is -2.29. The summed E-state index contributed by atoms with van der Waals surface area (Å²) >= 11 is 0. The Labute approximate surface area is 159 Å². The summed E-state index contributed by atoms with van der Waals surface area (Å²) in [5.74, 6) is 0.387. The van der Waals surface area contributed by atoms with Crippen LogP contribution in [0.5, 0.6) is 0 Å². The summed E-state index contributed by atoms with van der Waals surface area (Å²) in [6.07, 6.45) is 2.99. The van der Waals surface area contributed by atoms with Crippen LogP contribution in [0.4, 0.5) is 0 Å². The summed E-state index contributed by atoms with van der Waals surface area (Å²) < 4.78 is 5.25. The summed E-state index contributed by atoms with van der Waals surface area (Å²) in [4.78, 5) is 25.5. The highest BCUT2D eigenvalue weighted by Crippen LogP contribution is 2.17. The van der Waals surface area contributed by atoms with E-state index < -0.39 is 6.04 Å². The van der Waals surface area contributed by atoms with Gasteiger partial charge in [-0.1, -0.05) is 44.5 Å². The van der Waals surface area contributed by atoms with Crippen LogP contribution in [-0.4, -0.2) is 23.9 Å².